The summed E-state index contributed by atoms with van der Waals surface area (Å²) >= 11 is 1.16. The Balaban J connectivity index is 0.00000144. The Bertz CT molecular complexity index is 467. The Morgan fingerprint density at radius 2 is 2.18 bits per heavy atom. The van der Waals surface area contributed by atoms with Gasteiger partial charge in [0.05, 0.1) is 6.54 Å². The topological polar surface area (TPSA) is 29.9 Å². The fraction of sp³-hybridized carbons (Fsp3) is 0.364. The number of hydrogen-bond donors (Lipinski definition) is 1. The van der Waals surface area contributed by atoms with Gasteiger partial charge < -0.3 is 5.32 Å². The molecule has 0 radical (unpaired) electrons. The van der Waals surface area contributed by atoms with E-state index in [0.717, 1.165) is 22.0 Å². The van der Waals surface area contributed by atoms with Gasteiger partial charge in [0.25, 0.3) is 0 Å². The van der Waals surface area contributed by atoms with E-state index in [1.807, 2.05) is 16.9 Å². The molecule has 0 bridgehead atoms. The Morgan fingerprint density at radius 1 is 1.41 bits per heavy atom. The zero-order chi connectivity index (χ0) is 11.5. The first-order valence-electron chi connectivity index (χ1n) is 5.18. The number of nitrogens with zero attached hydrogens (tertiary/aromatic N) is 2. The SMILES string of the molecule is CC(C)n1ccc(NCc2ccc(F)s2)n1.Cl. The fourth-order valence-electron chi connectivity index (χ4n) is 1.34. The summed E-state index contributed by atoms with van der Waals surface area (Å²) in [6.45, 7) is 4.76. The maximum absolute atomic E-state index is 12.7. The molecule has 6 heteroatoms. The molecule has 0 amide bonds. The Hall–Kier alpha value is -1.07. The van der Waals surface area contributed by atoms with E-state index >= 15 is 0 Å². The molecule has 0 saturated heterocycles. The van der Waals surface area contributed by atoms with Crippen LogP contribution in [0.2, 0.25) is 0 Å². The second-order valence-electron chi connectivity index (χ2n) is 3.83. The number of rotatable bonds is 4. The molecule has 0 fully saturated rings. The highest BCUT2D eigenvalue weighted by atomic mass is 35.5. The molecule has 0 aliphatic carbocycles. The maximum atomic E-state index is 12.7. The Morgan fingerprint density at radius 3 is 2.71 bits per heavy atom. The van der Waals surface area contributed by atoms with Crippen molar-refractivity contribution in [3.8, 4) is 0 Å². The molecular formula is C11H15ClFN3S. The second kappa shape index (κ2) is 6.02. The standard InChI is InChI=1S/C11H14FN3S.ClH/c1-8(2)15-6-5-11(14-15)13-7-9-3-4-10(12)16-9;/h3-6,8H,7H2,1-2H3,(H,13,14);1H. The van der Waals surface area contributed by atoms with Gasteiger partial charge in [-0.25, -0.2) is 0 Å². The summed E-state index contributed by atoms with van der Waals surface area (Å²) in [4.78, 5) is 0.969. The van der Waals surface area contributed by atoms with E-state index in [0.29, 0.717) is 12.6 Å². The third-order valence-corrected chi connectivity index (χ3v) is 3.08. The van der Waals surface area contributed by atoms with Crippen LogP contribution in [0, 0.1) is 5.13 Å². The van der Waals surface area contributed by atoms with Crippen molar-refractivity contribution in [3.63, 3.8) is 0 Å². The molecule has 94 valence electrons. The molecule has 2 rings (SSSR count). The molecular weight excluding hydrogens is 261 g/mol. The van der Waals surface area contributed by atoms with Crippen LogP contribution in [0.5, 0.6) is 0 Å². The monoisotopic (exact) mass is 275 g/mol. The van der Waals surface area contributed by atoms with Crippen LogP contribution in [0.3, 0.4) is 0 Å². The van der Waals surface area contributed by atoms with Gasteiger partial charge in [0.15, 0.2) is 5.13 Å². The van der Waals surface area contributed by atoms with Crippen LogP contribution in [-0.2, 0) is 6.54 Å². The number of halogens is 2. The molecule has 0 aliphatic heterocycles. The normalized spacial score (nSPS) is 10.4. The lowest BCUT2D eigenvalue weighted by atomic mass is 10.4. The molecule has 2 aromatic rings. The van der Waals surface area contributed by atoms with Gasteiger partial charge in [-0.05, 0) is 26.0 Å². The minimum Gasteiger partial charge on any atom is -0.364 e. The molecule has 0 saturated carbocycles. The highest BCUT2D eigenvalue weighted by Crippen LogP contribution is 2.16. The molecule has 0 unspecified atom stereocenters. The second-order valence-corrected chi connectivity index (χ2v) is 4.95. The number of aromatic nitrogens is 2. The minimum atomic E-state index is -0.149. The van der Waals surface area contributed by atoms with Gasteiger partial charge in [-0.3, -0.25) is 4.68 Å². The zero-order valence-corrected chi connectivity index (χ0v) is 11.3. The number of hydrogen-bond acceptors (Lipinski definition) is 3. The number of anilines is 1. The van der Waals surface area contributed by atoms with Crippen LogP contribution >= 0.6 is 23.7 Å². The van der Waals surface area contributed by atoms with Crippen LogP contribution < -0.4 is 5.32 Å². The van der Waals surface area contributed by atoms with Crippen molar-refractivity contribution in [2.24, 2.45) is 0 Å². The largest absolute Gasteiger partial charge is 0.364 e. The molecule has 17 heavy (non-hydrogen) atoms. The van der Waals surface area contributed by atoms with Crippen molar-refractivity contribution in [2.45, 2.75) is 26.4 Å². The van der Waals surface area contributed by atoms with Crippen LogP contribution in [-0.4, -0.2) is 9.78 Å². The summed E-state index contributed by atoms with van der Waals surface area (Å²) in [5.41, 5.74) is 0. The minimum absolute atomic E-state index is 0. The van der Waals surface area contributed by atoms with Gasteiger partial charge in [-0.2, -0.15) is 9.49 Å². The highest BCUT2D eigenvalue weighted by molar-refractivity contribution is 7.10. The van der Waals surface area contributed by atoms with Crippen molar-refractivity contribution in [1.29, 1.82) is 0 Å². The summed E-state index contributed by atoms with van der Waals surface area (Å²) in [5, 5.41) is 7.36. The molecule has 1 N–H and O–H groups in total. The summed E-state index contributed by atoms with van der Waals surface area (Å²) in [7, 11) is 0. The molecule has 0 aromatic carbocycles. The van der Waals surface area contributed by atoms with Crippen molar-refractivity contribution >= 4 is 29.6 Å². The van der Waals surface area contributed by atoms with Crippen molar-refractivity contribution in [2.75, 3.05) is 5.32 Å². The molecule has 2 heterocycles. The van der Waals surface area contributed by atoms with Gasteiger partial charge in [0.2, 0.25) is 0 Å². The summed E-state index contributed by atoms with van der Waals surface area (Å²) in [6, 6.07) is 5.54. The zero-order valence-electron chi connectivity index (χ0n) is 9.68. The lowest BCUT2D eigenvalue weighted by molar-refractivity contribution is 0.534. The third-order valence-electron chi connectivity index (χ3n) is 2.21. The fourth-order valence-corrected chi connectivity index (χ4v) is 2.01. The van der Waals surface area contributed by atoms with Crippen LogP contribution in [0.15, 0.2) is 24.4 Å². The molecule has 2 aromatic heterocycles. The van der Waals surface area contributed by atoms with E-state index in [1.54, 1.807) is 6.07 Å². The summed E-state index contributed by atoms with van der Waals surface area (Å²) in [5.74, 6) is 0.822. The van der Waals surface area contributed by atoms with E-state index in [4.69, 9.17) is 0 Å². The van der Waals surface area contributed by atoms with Gasteiger partial charge in [0, 0.05) is 23.2 Å². The van der Waals surface area contributed by atoms with Gasteiger partial charge >= 0.3 is 0 Å². The quantitative estimate of drug-likeness (QED) is 0.922. The van der Waals surface area contributed by atoms with E-state index < -0.39 is 0 Å². The first-order valence-corrected chi connectivity index (χ1v) is 6.00. The average molecular weight is 276 g/mol. The van der Waals surface area contributed by atoms with Crippen LogP contribution in [0.4, 0.5) is 10.2 Å². The first-order chi connectivity index (χ1) is 7.65. The van der Waals surface area contributed by atoms with Crippen LogP contribution in [0.1, 0.15) is 24.8 Å². The van der Waals surface area contributed by atoms with Crippen molar-refractivity contribution in [3.05, 3.63) is 34.4 Å². The predicted octanol–water partition coefficient (Wildman–Crippen LogP) is 3.70. The first kappa shape index (κ1) is 14.0. The molecule has 0 atom stereocenters. The third kappa shape index (κ3) is 3.71. The van der Waals surface area contributed by atoms with Crippen molar-refractivity contribution < 1.29 is 4.39 Å². The van der Waals surface area contributed by atoms with E-state index in [2.05, 4.69) is 24.3 Å². The molecule has 0 spiro atoms. The molecule has 3 nitrogen and oxygen atoms in total. The van der Waals surface area contributed by atoms with Crippen LogP contribution in [0.25, 0.3) is 0 Å². The Labute approximate surface area is 110 Å². The summed E-state index contributed by atoms with van der Waals surface area (Å²) in [6.07, 6.45) is 1.93. The maximum Gasteiger partial charge on any atom is 0.176 e. The predicted molar refractivity (Wildman–Crippen MR) is 71.5 cm³/mol. The molecule has 0 aliphatic rings. The smallest absolute Gasteiger partial charge is 0.176 e. The van der Waals surface area contributed by atoms with E-state index in [9.17, 15) is 4.39 Å². The van der Waals surface area contributed by atoms with Gasteiger partial charge in [-0.1, -0.05) is 0 Å². The Kier molecular flexibility index (Phi) is 4.96. The van der Waals surface area contributed by atoms with Crippen molar-refractivity contribution in [1.82, 2.24) is 9.78 Å². The van der Waals surface area contributed by atoms with E-state index in [-0.39, 0.29) is 17.5 Å². The lowest BCUT2D eigenvalue weighted by Gasteiger charge is -2.04. The van der Waals surface area contributed by atoms with Gasteiger partial charge in [-0.15, -0.1) is 23.7 Å². The number of thiophene rings is 1. The van der Waals surface area contributed by atoms with E-state index in [1.165, 1.54) is 6.07 Å². The summed E-state index contributed by atoms with van der Waals surface area (Å²) < 4.78 is 14.6. The highest BCUT2D eigenvalue weighted by Gasteiger charge is 2.03. The average Bonchev–Trinajstić information content (AvgIpc) is 2.83. The lowest BCUT2D eigenvalue weighted by Crippen LogP contribution is -2.03. The number of nitrogens with one attached hydrogen (secondary N) is 1. The van der Waals surface area contributed by atoms with Gasteiger partial charge in [0.1, 0.15) is 5.82 Å².